The van der Waals surface area contributed by atoms with E-state index < -0.39 is 0 Å². The van der Waals surface area contributed by atoms with E-state index in [1.54, 1.807) is 49.1 Å². The van der Waals surface area contributed by atoms with E-state index in [0.717, 1.165) is 11.3 Å². The van der Waals surface area contributed by atoms with Gasteiger partial charge in [0.05, 0.1) is 19.8 Å². The number of thioether (sulfide) groups is 1. The quantitative estimate of drug-likeness (QED) is 0.633. The molecule has 29 heavy (non-hydrogen) atoms. The third-order valence-corrected chi connectivity index (χ3v) is 4.69. The minimum atomic E-state index is -0.286. The summed E-state index contributed by atoms with van der Waals surface area (Å²) in [6.45, 7) is 4.74. The van der Waals surface area contributed by atoms with Crippen LogP contribution in [0.5, 0.6) is 11.5 Å². The highest BCUT2D eigenvalue weighted by Gasteiger charge is 2.16. The molecule has 2 aromatic rings. The van der Waals surface area contributed by atoms with Crippen LogP contribution in [0, 0.1) is 0 Å². The van der Waals surface area contributed by atoms with Gasteiger partial charge in [0.2, 0.25) is 5.91 Å². The molecule has 2 rings (SSSR count). The SMILES string of the molecule is CCOc1ccc(NC(=O)CN(C)C(=O)c2ccc(CSC)cc2)cc1OCC. The highest BCUT2D eigenvalue weighted by Crippen LogP contribution is 2.30. The number of likely N-dealkylation sites (N-methyl/N-ethyl adjacent to an activating group) is 1. The second-order valence-electron chi connectivity index (χ2n) is 6.37. The lowest BCUT2D eigenvalue weighted by Gasteiger charge is -2.18. The molecule has 0 unspecified atom stereocenters. The fourth-order valence-electron chi connectivity index (χ4n) is 2.75. The standard InChI is InChI=1S/C22H28N2O4S/c1-5-27-19-12-11-18(13-20(19)28-6-2)23-21(25)14-24(3)22(26)17-9-7-16(8-10-17)15-29-4/h7-13H,5-6,14-15H2,1-4H3,(H,23,25). The van der Waals surface area contributed by atoms with Gasteiger partial charge in [0.15, 0.2) is 11.5 Å². The molecular weight excluding hydrogens is 388 g/mol. The predicted octanol–water partition coefficient (Wildman–Crippen LogP) is 4.06. The monoisotopic (exact) mass is 416 g/mol. The van der Waals surface area contributed by atoms with E-state index in [1.807, 2.05) is 32.2 Å². The number of hydrogen-bond acceptors (Lipinski definition) is 5. The van der Waals surface area contributed by atoms with Crippen molar-refractivity contribution in [2.75, 3.05) is 38.4 Å². The highest BCUT2D eigenvalue weighted by atomic mass is 32.2. The smallest absolute Gasteiger partial charge is 0.254 e. The van der Waals surface area contributed by atoms with Crippen LogP contribution in [0.4, 0.5) is 5.69 Å². The first-order chi connectivity index (χ1) is 14.0. The number of carbonyl (C=O) groups is 2. The van der Waals surface area contributed by atoms with Gasteiger partial charge in [0.25, 0.3) is 5.91 Å². The van der Waals surface area contributed by atoms with E-state index in [0.29, 0.717) is 36.0 Å². The molecule has 156 valence electrons. The number of hydrogen-bond donors (Lipinski definition) is 1. The van der Waals surface area contributed by atoms with Crippen molar-refractivity contribution < 1.29 is 19.1 Å². The van der Waals surface area contributed by atoms with Crippen molar-refractivity contribution in [1.29, 1.82) is 0 Å². The maximum Gasteiger partial charge on any atom is 0.254 e. The normalized spacial score (nSPS) is 10.3. The molecule has 2 amide bonds. The number of nitrogens with one attached hydrogen (secondary N) is 1. The third-order valence-electron chi connectivity index (χ3n) is 4.07. The number of amides is 2. The van der Waals surface area contributed by atoms with Crippen molar-refractivity contribution in [2.24, 2.45) is 0 Å². The van der Waals surface area contributed by atoms with Gasteiger partial charge in [-0.2, -0.15) is 11.8 Å². The summed E-state index contributed by atoms with van der Waals surface area (Å²) in [7, 11) is 1.61. The number of nitrogens with zero attached hydrogens (tertiary/aromatic N) is 1. The van der Waals surface area contributed by atoms with E-state index in [4.69, 9.17) is 9.47 Å². The van der Waals surface area contributed by atoms with Crippen LogP contribution in [0.1, 0.15) is 29.8 Å². The van der Waals surface area contributed by atoms with Gasteiger partial charge in [0.1, 0.15) is 0 Å². The molecule has 0 aliphatic heterocycles. The minimum Gasteiger partial charge on any atom is -0.490 e. The molecule has 0 atom stereocenters. The lowest BCUT2D eigenvalue weighted by molar-refractivity contribution is -0.116. The fourth-order valence-corrected chi connectivity index (χ4v) is 3.27. The Bertz CT molecular complexity index is 824. The number of rotatable bonds is 10. The summed E-state index contributed by atoms with van der Waals surface area (Å²) in [6, 6.07) is 12.7. The van der Waals surface area contributed by atoms with Gasteiger partial charge in [-0.1, -0.05) is 12.1 Å². The van der Waals surface area contributed by atoms with Crippen molar-refractivity contribution in [3.63, 3.8) is 0 Å². The first kappa shape index (κ1) is 22.6. The average molecular weight is 417 g/mol. The Morgan fingerprint density at radius 2 is 1.66 bits per heavy atom. The summed E-state index contributed by atoms with van der Waals surface area (Å²) in [5.41, 5.74) is 2.31. The maximum absolute atomic E-state index is 12.6. The zero-order chi connectivity index (χ0) is 21.2. The summed E-state index contributed by atoms with van der Waals surface area (Å²) >= 11 is 1.73. The number of carbonyl (C=O) groups excluding carboxylic acids is 2. The van der Waals surface area contributed by atoms with E-state index in [1.165, 1.54) is 4.90 Å². The Morgan fingerprint density at radius 3 is 2.28 bits per heavy atom. The molecular formula is C22H28N2O4S. The highest BCUT2D eigenvalue weighted by molar-refractivity contribution is 7.97. The van der Waals surface area contributed by atoms with E-state index in [9.17, 15) is 9.59 Å². The second kappa shape index (κ2) is 11.4. The third kappa shape index (κ3) is 6.71. The zero-order valence-electron chi connectivity index (χ0n) is 17.4. The summed E-state index contributed by atoms with van der Waals surface area (Å²) in [5, 5.41) is 2.80. The lowest BCUT2D eigenvalue weighted by Crippen LogP contribution is -2.34. The van der Waals surface area contributed by atoms with Crippen LogP contribution in [0.15, 0.2) is 42.5 Å². The molecule has 0 radical (unpaired) electrons. The Labute approximate surface area is 176 Å². The molecule has 0 saturated carbocycles. The van der Waals surface area contributed by atoms with Crippen molar-refractivity contribution in [3.05, 3.63) is 53.6 Å². The molecule has 1 N–H and O–H groups in total. The van der Waals surface area contributed by atoms with Crippen LogP contribution < -0.4 is 14.8 Å². The average Bonchev–Trinajstić information content (AvgIpc) is 2.70. The summed E-state index contributed by atoms with van der Waals surface area (Å²) in [4.78, 5) is 26.4. The number of benzene rings is 2. The molecule has 0 spiro atoms. The minimum absolute atomic E-state index is 0.0530. The molecule has 7 heteroatoms. The van der Waals surface area contributed by atoms with Crippen LogP contribution in [-0.2, 0) is 10.5 Å². The number of anilines is 1. The largest absolute Gasteiger partial charge is 0.490 e. The Hall–Kier alpha value is -2.67. The predicted molar refractivity (Wildman–Crippen MR) is 118 cm³/mol. The van der Waals surface area contributed by atoms with Crippen LogP contribution in [0.2, 0.25) is 0 Å². The molecule has 2 aromatic carbocycles. The van der Waals surface area contributed by atoms with Gasteiger partial charge in [-0.3, -0.25) is 9.59 Å². The Morgan fingerprint density at radius 1 is 1.00 bits per heavy atom. The first-order valence-corrected chi connectivity index (χ1v) is 10.9. The van der Waals surface area contributed by atoms with Crippen molar-refractivity contribution >= 4 is 29.3 Å². The van der Waals surface area contributed by atoms with Gasteiger partial charge in [-0.05, 0) is 49.9 Å². The van der Waals surface area contributed by atoms with Gasteiger partial charge < -0.3 is 19.7 Å². The van der Waals surface area contributed by atoms with Crippen molar-refractivity contribution in [1.82, 2.24) is 4.90 Å². The number of ether oxygens (including phenoxy) is 2. The molecule has 0 aromatic heterocycles. The van der Waals surface area contributed by atoms with E-state index in [-0.39, 0.29) is 18.4 Å². The molecule has 0 bridgehead atoms. The first-order valence-electron chi connectivity index (χ1n) is 9.51. The summed E-state index contributed by atoms with van der Waals surface area (Å²) < 4.78 is 11.1. The van der Waals surface area contributed by atoms with E-state index >= 15 is 0 Å². The van der Waals surface area contributed by atoms with Crippen LogP contribution in [-0.4, -0.2) is 49.8 Å². The van der Waals surface area contributed by atoms with Crippen LogP contribution in [0.25, 0.3) is 0 Å². The Kier molecular flexibility index (Phi) is 8.86. The van der Waals surface area contributed by atoms with Gasteiger partial charge in [0, 0.05) is 30.1 Å². The molecule has 0 saturated heterocycles. The molecule has 6 nitrogen and oxygen atoms in total. The molecule has 0 fully saturated rings. The summed E-state index contributed by atoms with van der Waals surface area (Å²) in [5.74, 6) is 1.62. The zero-order valence-corrected chi connectivity index (χ0v) is 18.2. The fraction of sp³-hybridized carbons (Fsp3) is 0.364. The lowest BCUT2D eigenvalue weighted by atomic mass is 10.1. The van der Waals surface area contributed by atoms with Crippen LogP contribution >= 0.6 is 11.8 Å². The summed E-state index contributed by atoms with van der Waals surface area (Å²) in [6.07, 6.45) is 2.03. The van der Waals surface area contributed by atoms with Gasteiger partial charge in [-0.15, -0.1) is 0 Å². The molecule has 0 heterocycles. The van der Waals surface area contributed by atoms with Gasteiger partial charge in [-0.25, -0.2) is 0 Å². The van der Waals surface area contributed by atoms with Crippen molar-refractivity contribution in [2.45, 2.75) is 19.6 Å². The van der Waals surface area contributed by atoms with Crippen molar-refractivity contribution in [3.8, 4) is 11.5 Å². The molecule has 0 aliphatic rings. The molecule has 0 aliphatic carbocycles. The maximum atomic E-state index is 12.6. The van der Waals surface area contributed by atoms with E-state index in [2.05, 4.69) is 5.32 Å². The second-order valence-corrected chi connectivity index (χ2v) is 7.23. The van der Waals surface area contributed by atoms with Gasteiger partial charge >= 0.3 is 0 Å². The topological polar surface area (TPSA) is 67.9 Å². The Balaban J connectivity index is 1.98. The van der Waals surface area contributed by atoms with Crippen LogP contribution in [0.3, 0.4) is 0 Å².